The topological polar surface area (TPSA) is 35.5 Å². The zero-order chi connectivity index (χ0) is 21.6. The molecular weight excluding hydrogens is 391 g/mol. The molecule has 0 aliphatic heterocycles. The van der Waals surface area contributed by atoms with Crippen molar-refractivity contribution in [1.82, 2.24) is 0 Å². The van der Waals surface area contributed by atoms with Crippen LogP contribution in [0.2, 0.25) is 0 Å². The van der Waals surface area contributed by atoms with Crippen LogP contribution < -0.4 is 14.4 Å². The van der Waals surface area contributed by atoms with E-state index in [9.17, 15) is 4.57 Å². The Labute approximate surface area is 180 Å². The molecule has 0 saturated carbocycles. The third-order valence-corrected chi connectivity index (χ3v) is 7.24. The molecule has 0 amide bonds. The molecule has 4 heteroatoms. The number of benzene rings is 3. The molecule has 0 unspecified atom stereocenters. The quantitative estimate of drug-likeness (QED) is 0.351. The molecule has 3 aromatic rings. The molecule has 0 N–H and O–H groups in total. The molecule has 3 aromatic carbocycles. The molecular formula is C26H31O3P. The minimum atomic E-state index is -3.66. The van der Waals surface area contributed by atoms with E-state index in [1.165, 1.54) is 11.1 Å². The average Bonchev–Trinajstić information content (AvgIpc) is 2.79. The Balaban J connectivity index is 2.10. The van der Waals surface area contributed by atoms with Gasteiger partial charge >= 0.3 is 7.60 Å². The monoisotopic (exact) mass is 422 g/mol. The molecule has 30 heavy (non-hydrogen) atoms. The highest BCUT2D eigenvalue weighted by Gasteiger charge is 2.33. The van der Waals surface area contributed by atoms with Gasteiger partial charge in [0.15, 0.2) is 0 Å². The Morgan fingerprint density at radius 2 is 1.07 bits per heavy atom. The zero-order valence-electron chi connectivity index (χ0n) is 18.4. The fraction of sp³-hybridized carbons (Fsp3) is 0.308. The van der Waals surface area contributed by atoms with Gasteiger partial charge in [-0.2, -0.15) is 0 Å². The van der Waals surface area contributed by atoms with Gasteiger partial charge in [-0.05, 0) is 72.2 Å². The van der Waals surface area contributed by atoms with Crippen molar-refractivity contribution in [3.8, 4) is 11.5 Å². The van der Waals surface area contributed by atoms with E-state index in [1.54, 1.807) is 0 Å². The Kier molecular flexibility index (Phi) is 7.39. The second-order valence-corrected chi connectivity index (χ2v) is 9.09. The molecule has 0 saturated heterocycles. The molecule has 0 aliphatic rings. The summed E-state index contributed by atoms with van der Waals surface area (Å²) >= 11 is 0. The van der Waals surface area contributed by atoms with Gasteiger partial charge < -0.3 is 9.05 Å². The summed E-state index contributed by atoms with van der Waals surface area (Å²) in [7, 11) is -3.66. The van der Waals surface area contributed by atoms with E-state index in [2.05, 4.69) is 39.8 Å². The van der Waals surface area contributed by atoms with Crippen molar-refractivity contribution in [3.63, 3.8) is 0 Å². The SMILES string of the molecule is CCc1cccc(OP(=O)(Oc2cccc(CC)c2CC)c2ccccc2)c1CC. The van der Waals surface area contributed by atoms with E-state index < -0.39 is 7.60 Å². The number of hydrogen-bond acceptors (Lipinski definition) is 3. The van der Waals surface area contributed by atoms with E-state index in [4.69, 9.17) is 9.05 Å². The minimum absolute atomic E-state index is 0.554. The van der Waals surface area contributed by atoms with Gasteiger partial charge in [0.1, 0.15) is 11.5 Å². The summed E-state index contributed by atoms with van der Waals surface area (Å²) in [5, 5.41) is 0.554. The van der Waals surface area contributed by atoms with E-state index >= 15 is 0 Å². The van der Waals surface area contributed by atoms with Crippen LogP contribution >= 0.6 is 7.60 Å². The highest BCUT2D eigenvalue weighted by Crippen LogP contribution is 2.49. The summed E-state index contributed by atoms with van der Waals surface area (Å²) in [6, 6.07) is 21.1. The highest BCUT2D eigenvalue weighted by molar-refractivity contribution is 7.63. The van der Waals surface area contributed by atoms with Crippen molar-refractivity contribution < 1.29 is 13.6 Å². The van der Waals surface area contributed by atoms with Gasteiger partial charge in [-0.25, -0.2) is 4.57 Å². The maximum absolute atomic E-state index is 14.2. The van der Waals surface area contributed by atoms with Gasteiger partial charge in [0.05, 0.1) is 5.30 Å². The Hall–Kier alpha value is -2.51. The van der Waals surface area contributed by atoms with Crippen molar-refractivity contribution in [2.45, 2.75) is 53.4 Å². The largest absolute Gasteiger partial charge is 0.462 e. The summed E-state index contributed by atoms with van der Waals surface area (Å²) in [6.45, 7) is 8.43. The molecule has 3 nitrogen and oxygen atoms in total. The Bertz CT molecular complexity index is 966. The van der Waals surface area contributed by atoms with Gasteiger partial charge in [0.2, 0.25) is 0 Å². The summed E-state index contributed by atoms with van der Waals surface area (Å²) in [6.07, 6.45) is 3.41. The van der Waals surface area contributed by atoms with Crippen molar-refractivity contribution in [2.75, 3.05) is 0 Å². The maximum Gasteiger partial charge on any atom is 0.462 e. The number of aryl methyl sites for hydroxylation is 2. The van der Waals surface area contributed by atoms with Gasteiger partial charge in [-0.1, -0.05) is 70.2 Å². The molecule has 0 bridgehead atoms. The molecule has 0 atom stereocenters. The summed E-state index contributed by atoms with van der Waals surface area (Å²) in [5.41, 5.74) is 4.57. The second kappa shape index (κ2) is 10.00. The first kappa shape index (κ1) is 22.2. The fourth-order valence-electron chi connectivity index (χ4n) is 3.85. The van der Waals surface area contributed by atoms with Crippen LogP contribution in [0, 0.1) is 0 Å². The first-order valence-electron chi connectivity index (χ1n) is 10.8. The predicted molar refractivity (Wildman–Crippen MR) is 125 cm³/mol. The van der Waals surface area contributed by atoms with Gasteiger partial charge in [-0.3, -0.25) is 0 Å². The fourth-order valence-corrected chi connectivity index (χ4v) is 5.50. The van der Waals surface area contributed by atoms with E-state index in [0.717, 1.165) is 36.8 Å². The third kappa shape index (κ3) is 4.63. The lowest BCUT2D eigenvalue weighted by Crippen LogP contribution is -2.16. The van der Waals surface area contributed by atoms with Crippen LogP contribution in [-0.4, -0.2) is 0 Å². The van der Waals surface area contributed by atoms with Crippen molar-refractivity contribution in [3.05, 3.63) is 89.0 Å². The van der Waals surface area contributed by atoms with Crippen LogP contribution in [0.25, 0.3) is 0 Å². The van der Waals surface area contributed by atoms with Crippen LogP contribution in [0.1, 0.15) is 49.9 Å². The number of rotatable bonds is 9. The molecule has 158 valence electrons. The second-order valence-electron chi connectivity index (χ2n) is 7.22. The lowest BCUT2D eigenvalue weighted by Gasteiger charge is -2.24. The predicted octanol–water partition coefficient (Wildman–Crippen LogP) is 6.91. The summed E-state index contributed by atoms with van der Waals surface area (Å²) < 4.78 is 26.8. The van der Waals surface area contributed by atoms with Crippen molar-refractivity contribution in [2.24, 2.45) is 0 Å². The molecule has 3 rings (SSSR count). The lowest BCUT2D eigenvalue weighted by molar-refractivity contribution is 0.395. The molecule has 0 aliphatic carbocycles. The zero-order valence-corrected chi connectivity index (χ0v) is 19.2. The van der Waals surface area contributed by atoms with Gasteiger partial charge in [0.25, 0.3) is 0 Å². The molecule has 0 radical (unpaired) electrons. The van der Waals surface area contributed by atoms with Crippen molar-refractivity contribution >= 4 is 12.9 Å². The van der Waals surface area contributed by atoms with Gasteiger partial charge in [0, 0.05) is 0 Å². The highest BCUT2D eigenvalue weighted by atomic mass is 31.2. The van der Waals surface area contributed by atoms with Gasteiger partial charge in [-0.15, -0.1) is 0 Å². The number of hydrogen-bond donors (Lipinski definition) is 0. The van der Waals surface area contributed by atoms with Crippen LogP contribution in [0.5, 0.6) is 11.5 Å². The molecule has 0 spiro atoms. The average molecular weight is 423 g/mol. The third-order valence-electron chi connectivity index (χ3n) is 5.44. The first-order valence-corrected chi connectivity index (χ1v) is 12.4. The molecule has 0 aromatic heterocycles. The molecule has 0 heterocycles. The van der Waals surface area contributed by atoms with E-state index in [-0.39, 0.29) is 0 Å². The van der Waals surface area contributed by atoms with Crippen LogP contribution in [0.15, 0.2) is 66.7 Å². The Morgan fingerprint density at radius 3 is 1.47 bits per heavy atom. The van der Waals surface area contributed by atoms with E-state index in [1.807, 2.05) is 54.6 Å². The normalized spacial score (nSPS) is 11.3. The summed E-state index contributed by atoms with van der Waals surface area (Å²) in [5.74, 6) is 1.27. The molecule has 0 fully saturated rings. The van der Waals surface area contributed by atoms with Crippen LogP contribution in [0.3, 0.4) is 0 Å². The van der Waals surface area contributed by atoms with Crippen LogP contribution in [-0.2, 0) is 30.2 Å². The Morgan fingerprint density at radius 1 is 0.600 bits per heavy atom. The summed E-state index contributed by atoms with van der Waals surface area (Å²) in [4.78, 5) is 0. The minimum Gasteiger partial charge on any atom is -0.413 e. The first-order chi connectivity index (χ1) is 14.6. The standard InChI is InChI=1S/C26H31O3P/c1-5-20-14-12-18-25(23(20)7-3)28-30(27,22-16-10-9-11-17-22)29-26-19-13-15-21(6-2)24(26)8-4/h9-19H,5-8H2,1-4H3. The smallest absolute Gasteiger partial charge is 0.413 e. The van der Waals surface area contributed by atoms with Crippen LogP contribution in [0.4, 0.5) is 0 Å². The van der Waals surface area contributed by atoms with E-state index in [0.29, 0.717) is 16.8 Å². The maximum atomic E-state index is 14.2. The lowest BCUT2D eigenvalue weighted by atomic mass is 10.0. The van der Waals surface area contributed by atoms with Crippen molar-refractivity contribution in [1.29, 1.82) is 0 Å².